The summed E-state index contributed by atoms with van der Waals surface area (Å²) in [6, 6.07) is 8.43. The Morgan fingerprint density at radius 3 is 2.67 bits per heavy atom. The van der Waals surface area contributed by atoms with Crippen LogP contribution in [0.1, 0.15) is 37.1 Å². The van der Waals surface area contributed by atoms with Gasteiger partial charge in [-0.3, -0.25) is 0 Å². The van der Waals surface area contributed by atoms with E-state index in [1.165, 1.54) is 47.6 Å². The normalized spacial score (nSPS) is 16.2. The van der Waals surface area contributed by atoms with Gasteiger partial charge in [0.05, 0.1) is 4.88 Å². The highest BCUT2D eigenvalue weighted by atomic mass is 79.9. The number of rotatable bonds is 5. The molecule has 0 spiro atoms. The highest BCUT2D eigenvalue weighted by Gasteiger charge is 2.13. The van der Waals surface area contributed by atoms with Crippen molar-refractivity contribution in [1.29, 1.82) is 0 Å². The van der Waals surface area contributed by atoms with Crippen molar-refractivity contribution in [2.24, 2.45) is 5.92 Å². The smallest absolute Gasteiger partial charge is 0.107 e. The number of hydrogen-bond donors (Lipinski definition) is 1. The number of nitrogens with one attached hydrogen (secondary N) is 1. The molecule has 1 aliphatic rings. The van der Waals surface area contributed by atoms with E-state index >= 15 is 0 Å². The molecule has 1 aliphatic carbocycles. The SMILES string of the molecule is Brc1ccc(-c2cnc(CNCC3CCCCC3)s2)cc1. The van der Waals surface area contributed by atoms with Crippen LogP contribution in [0.2, 0.25) is 0 Å². The Hall–Kier alpha value is -0.710. The molecule has 21 heavy (non-hydrogen) atoms. The second kappa shape index (κ2) is 7.52. The molecule has 4 heteroatoms. The fourth-order valence-electron chi connectivity index (χ4n) is 2.91. The Balaban J connectivity index is 1.51. The van der Waals surface area contributed by atoms with E-state index in [4.69, 9.17) is 0 Å². The minimum absolute atomic E-state index is 0.879. The molecule has 0 aliphatic heterocycles. The first-order valence-electron chi connectivity index (χ1n) is 7.72. The molecule has 1 aromatic heterocycles. The van der Waals surface area contributed by atoms with Crippen molar-refractivity contribution in [2.45, 2.75) is 38.6 Å². The standard InChI is InChI=1S/C17H21BrN2S/c18-15-8-6-14(7-9-15)16-11-20-17(21-16)12-19-10-13-4-2-1-3-5-13/h6-9,11,13,19H,1-5,10,12H2. The highest BCUT2D eigenvalue weighted by Crippen LogP contribution is 2.27. The second-order valence-corrected chi connectivity index (χ2v) is 7.79. The number of benzene rings is 1. The molecule has 0 bridgehead atoms. The third-order valence-electron chi connectivity index (χ3n) is 4.12. The minimum Gasteiger partial charge on any atom is -0.310 e. The topological polar surface area (TPSA) is 24.9 Å². The van der Waals surface area contributed by atoms with Crippen LogP contribution in [0, 0.1) is 5.92 Å². The van der Waals surface area contributed by atoms with E-state index < -0.39 is 0 Å². The van der Waals surface area contributed by atoms with Crippen molar-refractivity contribution in [3.05, 3.63) is 39.9 Å². The molecule has 1 aromatic carbocycles. The van der Waals surface area contributed by atoms with Gasteiger partial charge in [-0.25, -0.2) is 4.98 Å². The van der Waals surface area contributed by atoms with Crippen LogP contribution >= 0.6 is 27.3 Å². The Kier molecular flexibility index (Phi) is 5.44. The predicted octanol–water partition coefficient (Wildman–Crippen LogP) is 5.24. The maximum Gasteiger partial charge on any atom is 0.107 e. The summed E-state index contributed by atoms with van der Waals surface area (Å²) in [6.45, 7) is 2.05. The van der Waals surface area contributed by atoms with Crippen molar-refractivity contribution in [2.75, 3.05) is 6.54 Å². The van der Waals surface area contributed by atoms with Gasteiger partial charge < -0.3 is 5.32 Å². The molecule has 112 valence electrons. The summed E-state index contributed by atoms with van der Waals surface area (Å²) in [5, 5.41) is 4.77. The molecule has 0 atom stereocenters. The number of hydrogen-bond acceptors (Lipinski definition) is 3. The number of halogens is 1. The van der Waals surface area contributed by atoms with Crippen LogP contribution in [-0.4, -0.2) is 11.5 Å². The summed E-state index contributed by atoms with van der Waals surface area (Å²) in [7, 11) is 0. The van der Waals surface area contributed by atoms with E-state index in [2.05, 4.69) is 50.5 Å². The molecule has 2 aromatic rings. The first-order valence-corrected chi connectivity index (χ1v) is 9.33. The van der Waals surface area contributed by atoms with Gasteiger partial charge in [-0.2, -0.15) is 0 Å². The van der Waals surface area contributed by atoms with E-state index in [9.17, 15) is 0 Å². The largest absolute Gasteiger partial charge is 0.310 e. The zero-order valence-corrected chi connectivity index (χ0v) is 14.5. The third kappa shape index (κ3) is 4.38. The van der Waals surface area contributed by atoms with Crippen LogP contribution in [0.5, 0.6) is 0 Å². The van der Waals surface area contributed by atoms with E-state index in [0.717, 1.165) is 23.5 Å². The van der Waals surface area contributed by atoms with E-state index in [0.29, 0.717) is 0 Å². The monoisotopic (exact) mass is 364 g/mol. The molecule has 2 nitrogen and oxygen atoms in total. The van der Waals surface area contributed by atoms with E-state index in [1.807, 2.05) is 6.20 Å². The summed E-state index contributed by atoms with van der Waals surface area (Å²) < 4.78 is 1.12. The maximum atomic E-state index is 4.54. The van der Waals surface area contributed by atoms with Crippen LogP contribution in [0.3, 0.4) is 0 Å². The Bertz CT molecular complexity index is 558. The van der Waals surface area contributed by atoms with Crippen molar-refractivity contribution in [1.82, 2.24) is 10.3 Å². The summed E-state index contributed by atoms with van der Waals surface area (Å²) in [5.74, 6) is 0.879. The van der Waals surface area contributed by atoms with E-state index in [1.54, 1.807) is 11.3 Å². The molecule has 0 unspecified atom stereocenters. The van der Waals surface area contributed by atoms with Gasteiger partial charge >= 0.3 is 0 Å². The fourth-order valence-corrected chi connectivity index (χ4v) is 4.07. The average Bonchev–Trinajstić information content (AvgIpc) is 2.98. The van der Waals surface area contributed by atoms with Crippen LogP contribution in [-0.2, 0) is 6.54 Å². The fraction of sp³-hybridized carbons (Fsp3) is 0.471. The molecule has 0 radical (unpaired) electrons. The summed E-state index contributed by atoms with van der Waals surface area (Å²) in [4.78, 5) is 5.79. The first kappa shape index (κ1) is 15.2. The van der Waals surface area contributed by atoms with Gasteiger partial charge in [-0.05, 0) is 43.0 Å². The molecule has 1 heterocycles. The number of aromatic nitrogens is 1. The molecule has 1 saturated carbocycles. The van der Waals surface area contributed by atoms with Gasteiger partial charge in [0.2, 0.25) is 0 Å². The lowest BCUT2D eigenvalue weighted by Crippen LogP contribution is -2.24. The molecule has 1 N–H and O–H groups in total. The van der Waals surface area contributed by atoms with Gasteiger partial charge in [0.25, 0.3) is 0 Å². The quantitative estimate of drug-likeness (QED) is 0.784. The molecule has 3 rings (SSSR count). The van der Waals surface area contributed by atoms with Crippen LogP contribution in [0.4, 0.5) is 0 Å². The van der Waals surface area contributed by atoms with Gasteiger partial charge in [0, 0.05) is 17.2 Å². The van der Waals surface area contributed by atoms with Crippen molar-refractivity contribution in [3.63, 3.8) is 0 Å². The lowest BCUT2D eigenvalue weighted by Gasteiger charge is -2.21. The minimum atomic E-state index is 0.879. The predicted molar refractivity (Wildman–Crippen MR) is 93.5 cm³/mol. The zero-order chi connectivity index (χ0) is 14.5. The van der Waals surface area contributed by atoms with Crippen LogP contribution in [0.25, 0.3) is 10.4 Å². The average molecular weight is 365 g/mol. The van der Waals surface area contributed by atoms with Gasteiger partial charge in [-0.15, -0.1) is 11.3 Å². The van der Waals surface area contributed by atoms with Crippen molar-refractivity contribution < 1.29 is 0 Å². The summed E-state index contributed by atoms with van der Waals surface area (Å²) in [5.41, 5.74) is 1.24. The maximum absolute atomic E-state index is 4.54. The Labute approximate surface area is 139 Å². The molecule has 0 amide bonds. The Morgan fingerprint density at radius 1 is 1.14 bits per heavy atom. The highest BCUT2D eigenvalue weighted by molar-refractivity contribution is 9.10. The van der Waals surface area contributed by atoms with Crippen molar-refractivity contribution in [3.8, 4) is 10.4 Å². The van der Waals surface area contributed by atoms with Crippen LogP contribution < -0.4 is 5.32 Å². The van der Waals surface area contributed by atoms with Crippen LogP contribution in [0.15, 0.2) is 34.9 Å². The number of thiazole rings is 1. The molecular formula is C17H21BrN2S. The molecule has 1 fully saturated rings. The lowest BCUT2D eigenvalue weighted by atomic mass is 9.89. The third-order valence-corrected chi connectivity index (χ3v) is 5.69. The number of nitrogens with zero attached hydrogens (tertiary/aromatic N) is 1. The summed E-state index contributed by atoms with van der Waals surface area (Å²) >= 11 is 5.26. The Morgan fingerprint density at radius 2 is 1.90 bits per heavy atom. The van der Waals surface area contributed by atoms with Gasteiger partial charge in [0.1, 0.15) is 5.01 Å². The zero-order valence-electron chi connectivity index (χ0n) is 12.1. The van der Waals surface area contributed by atoms with Gasteiger partial charge in [-0.1, -0.05) is 47.3 Å². The lowest BCUT2D eigenvalue weighted by molar-refractivity contribution is 0.342. The first-order chi connectivity index (χ1) is 10.3. The van der Waals surface area contributed by atoms with E-state index in [-0.39, 0.29) is 0 Å². The molecule has 0 saturated heterocycles. The summed E-state index contributed by atoms with van der Waals surface area (Å²) in [6.07, 6.45) is 9.05. The second-order valence-electron chi connectivity index (χ2n) is 5.76. The molecular weight excluding hydrogens is 344 g/mol. The van der Waals surface area contributed by atoms with Gasteiger partial charge in [0.15, 0.2) is 0 Å². The van der Waals surface area contributed by atoms with Crippen molar-refractivity contribution >= 4 is 27.3 Å².